The Bertz CT molecular complexity index is 2210. The van der Waals surface area contributed by atoms with Crippen LogP contribution in [0.4, 0.5) is 17.1 Å². The fraction of sp³-hybridized carbons (Fsp3) is 0.128. The van der Waals surface area contributed by atoms with Crippen molar-refractivity contribution in [3.63, 3.8) is 0 Å². The second kappa shape index (κ2) is 7.74. The summed E-state index contributed by atoms with van der Waals surface area (Å²) in [5.41, 5.74) is 16.5. The van der Waals surface area contributed by atoms with E-state index in [2.05, 4.69) is 145 Å². The summed E-state index contributed by atoms with van der Waals surface area (Å²) in [7, 11) is 0. The minimum atomic E-state index is -0.126. The quantitative estimate of drug-likeness (QED) is 0.190. The molecule has 4 aliphatic rings. The lowest BCUT2D eigenvalue weighted by Gasteiger charge is -2.42. The van der Waals surface area contributed by atoms with E-state index >= 15 is 0 Å². The van der Waals surface area contributed by atoms with Crippen molar-refractivity contribution in [3.8, 4) is 0 Å². The van der Waals surface area contributed by atoms with Gasteiger partial charge in [0.25, 0.3) is 0 Å². The Hall–Kier alpha value is -4.76. The molecule has 1 atom stereocenters. The van der Waals surface area contributed by atoms with Crippen LogP contribution in [-0.4, -0.2) is 11.3 Å². The van der Waals surface area contributed by atoms with Crippen LogP contribution in [0.1, 0.15) is 48.4 Å². The van der Waals surface area contributed by atoms with Gasteiger partial charge in [0.05, 0.1) is 5.69 Å². The zero-order valence-corrected chi connectivity index (χ0v) is 23.8. The van der Waals surface area contributed by atoms with Gasteiger partial charge < -0.3 is 9.38 Å². The first-order chi connectivity index (χ1) is 20.6. The van der Waals surface area contributed by atoms with Crippen LogP contribution in [0.5, 0.6) is 0 Å². The van der Waals surface area contributed by atoms with Gasteiger partial charge in [-0.1, -0.05) is 104 Å². The van der Waals surface area contributed by atoms with Crippen molar-refractivity contribution in [1.29, 1.82) is 0 Å². The summed E-state index contributed by atoms with van der Waals surface area (Å²) in [4.78, 5) is 2.50. The highest BCUT2D eigenvalue weighted by atomic mass is 15.2. The van der Waals surface area contributed by atoms with E-state index in [0.717, 1.165) is 6.42 Å². The average molecular weight is 536 g/mol. The van der Waals surface area contributed by atoms with E-state index in [4.69, 9.17) is 0 Å². The van der Waals surface area contributed by atoms with E-state index in [9.17, 15) is 0 Å². The molecule has 1 aromatic heterocycles. The molecule has 0 amide bonds. The van der Waals surface area contributed by atoms with Crippen LogP contribution >= 0.6 is 0 Å². The fourth-order valence-electron chi connectivity index (χ4n) is 8.76. The van der Waals surface area contributed by atoms with Crippen molar-refractivity contribution >= 4 is 56.8 Å². The molecule has 3 aliphatic heterocycles. The van der Waals surface area contributed by atoms with Gasteiger partial charge in [-0.15, -0.1) is 0 Å². The van der Waals surface area contributed by atoms with Crippen molar-refractivity contribution in [2.75, 3.05) is 4.90 Å². The third-order valence-electron chi connectivity index (χ3n) is 10.5. The molecular weight excluding hydrogens is 507 g/mol. The summed E-state index contributed by atoms with van der Waals surface area (Å²) in [6, 6.07) is 41.0. The van der Waals surface area contributed by atoms with E-state index < -0.39 is 0 Å². The Morgan fingerprint density at radius 2 is 1.52 bits per heavy atom. The molecule has 198 valence electrons. The standard InChI is InChI=1S/C39H29BN2/c1-39(2)31-19-7-9-21-35(31)41(24-12-4-3-5-13-24)36-23-33-30(22-32(36)39)27-16-10-15-26-29-18-11-17-28-25-14-6-8-20-34(25)42(38(28)29)40(33)37(26)27/h3-14,16-23,26H,15H2,1-2H3. The summed E-state index contributed by atoms with van der Waals surface area (Å²) in [5.74, 6) is 0.412. The predicted molar refractivity (Wildman–Crippen MR) is 177 cm³/mol. The van der Waals surface area contributed by atoms with Crippen molar-refractivity contribution < 1.29 is 0 Å². The molecule has 42 heavy (non-hydrogen) atoms. The smallest absolute Gasteiger partial charge is 0.325 e. The molecule has 0 spiro atoms. The van der Waals surface area contributed by atoms with Gasteiger partial charge >= 0.3 is 6.85 Å². The molecule has 1 unspecified atom stereocenters. The zero-order valence-electron chi connectivity index (χ0n) is 23.8. The number of aromatic nitrogens is 1. The maximum atomic E-state index is 2.68. The van der Waals surface area contributed by atoms with Gasteiger partial charge in [-0.3, -0.25) is 0 Å². The number of anilines is 3. The molecular formula is C39H29BN2. The third kappa shape index (κ3) is 2.63. The Labute approximate surface area is 246 Å². The topological polar surface area (TPSA) is 8.17 Å². The van der Waals surface area contributed by atoms with Gasteiger partial charge in [0.1, 0.15) is 0 Å². The number of hydrogen-bond donors (Lipinski definition) is 0. The molecule has 0 N–H and O–H groups in total. The van der Waals surface area contributed by atoms with E-state index in [1.807, 2.05) is 0 Å². The Balaban J connectivity index is 1.32. The van der Waals surface area contributed by atoms with Crippen molar-refractivity contribution in [1.82, 2.24) is 4.48 Å². The van der Waals surface area contributed by atoms with E-state index in [-0.39, 0.29) is 12.3 Å². The highest BCUT2D eigenvalue weighted by Crippen LogP contribution is 2.55. The minimum Gasteiger partial charge on any atom is -0.376 e. The number of allylic oxidation sites excluding steroid dienone is 4. The van der Waals surface area contributed by atoms with Gasteiger partial charge in [-0.05, 0) is 76.1 Å². The van der Waals surface area contributed by atoms with Crippen LogP contribution in [0.3, 0.4) is 0 Å². The van der Waals surface area contributed by atoms with Crippen molar-refractivity contribution in [3.05, 3.63) is 149 Å². The maximum Gasteiger partial charge on any atom is 0.325 e. The summed E-state index contributed by atoms with van der Waals surface area (Å²) in [6.07, 6.45) is 5.91. The van der Waals surface area contributed by atoms with Crippen LogP contribution in [0, 0.1) is 0 Å². The third-order valence-corrected chi connectivity index (χ3v) is 10.5. The molecule has 10 rings (SSSR count). The Morgan fingerprint density at radius 3 is 2.43 bits per heavy atom. The lowest BCUT2D eigenvalue weighted by molar-refractivity contribution is 0.632. The van der Waals surface area contributed by atoms with Gasteiger partial charge in [-0.25, -0.2) is 0 Å². The molecule has 0 bridgehead atoms. The van der Waals surface area contributed by atoms with Crippen LogP contribution in [-0.2, 0) is 5.41 Å². The fourth-order valence-corrected chi connectivity index (χ4v) is 8.76. The van der Waals surface area contributed by atoms with Crippen molar-refractivity contribution in [2.24, 2.45) is 0 Å². The van der Waals surface area contributed by atoms with Crippen LogP contribution < -0.4 is 10.4 Å². The van der Waals surface area contributed by atoms with Gasteiger partial charge in [0.15, 0.2) is 0 Å². The summed E-state index contributed by atoms with van der Waals surface area (Å²) in [6.45, 7) is 5.00. The lowest BCUT2D eigenvalue weighted by atomic mass is 9.46. The first kappa shape index (κ1) is 22.9. The first-order valence-electron chi connectivity index (χ1n) is 15.2. The van der Waals surface area contributed by atoms with Crippen molar-refractivity contribution in [2.45, 2.75) is 31.6 Å². The number of fused-ring (bicyclic) bond motifs is 10. The molecule has 0 fully saturated rings. The number of para-hydroxylation sites is 4. The van der Waals surface area contributed by atoms with Gasteiger partial charge in [0, 0.05) is 44.5 Å². The van der Waals surface area contributed by atoms with Gasteiger partial charge in [0.2, 0.25) is 0 Å². The number of nitrogens with zero attached hydrogens (tertiary/aromatic N) is 2. The van der Waals surface area contributed by atoms with Gasteiger partial charge in [-0.2, -0.15) is 0 Å². The molecule has 5 aromatic carbocycles. The van der Waals surface area contributed by atoms with Crippen LogP contribution in [0.15, 0.2) is 127 Å². The SMILES string of the molecule is CC1(C)c2ccccc2N(c2ccccc2)c2cc3c(cc21)C1=C2B3n3c4ccccc4c4cccc(c43)C2CC=C1. The van der Waals surface area contributed by atoms with E-state index in [1.54, 1.807) is 5.47 Å². The zero-order chi connectivity index (χ0) is 27.7. The molecule has 6 aromatic rings. The summed E-state index contributed by atoms with van der Waals surface area (Å²) in [5, 5.41) is 2.74. The average Bonchev–Trinajstić information content (AvgIpc) is 3.53. The largest absolute Gasteiger partial charge is 0.376 e. The second-order valence-corrected chi connectivity index (χ2v) is 12.9. The highest BCUT2D eigenvalue weighted by molar-refractivity contribution is 6.84. The monoisotopic (exact) mass is 536 g/mol. The number of benzene rings is 5. The van der Waals surface area contributed by atoms with Crippen LogP contribution in [0.2, 0.25) is 0 Å². The van der Waals surface area contributed by atoms with E-state index in [1.165, 1.54) is 72.2 Å². The Kier molecular flexibility index (Phi) is 4.22. The minimum absolute atomic E-state index is 0.126. The molecule has 0 radical (unpaired) electrons. The molecule has 0 saturated carbocycles. The number of rotatable bonds is 1. The second-order valence-electron chi connectivity index (χ2n) is 12.9. The molecule has 3 heteroatoms. The molecule has 1 aliphatic carbocycles. The summed E-state index contributed by atoms with van der Waals surface area (Å²) >= 11 is 0. The normalized spacial score (nSPS) is 18.8. The maximum absolute atomic E-state index is 2.68. The van der Waals surface area contributed by atoms with Crippen LogP contribution in [0.25, 0.3) is 27.4 Å². The first-order valence-corrected chi connectivity index (χ1v) is 15.2. The predicted octanol–water partition coefficient (Wildman–Crippen LogP) is 9.01. The molecule has 4 heterocycles. The number of hydrogen-bond acceptors (Lipinski definition) is 1. The van der Waals surface area contributed by atoms with E-state index in [0.29, 0.717) is 5.92 Å². The summed E-state index contributed by atoms with van der Waals surface area (Å²) < 4.78 is 2.68. The lowest BCUT2D eigenvalue weighted by Crippen LogP contribution is -2.43. The highest BCUT2D eigenvalue weighted by Gasteiger charge is 2.48. The molecule has 0 saturated heterocycles. The Morgan fingerprint density at radius 1 is 0.738 bits per heavy atom. The molecule has 2 nitrogen and oxygen atoms in total.